The number of likely N-dealkylation sites (tertiary alicyclic amines) is 1. The number of nitrogens with zero attached hydrogens (tertiary/aromatic N) is 2. The van der Waals surface area contributed by atoms with Gasteiger partial charge in [0.2, 0.25) is 5.91 Å². The van der Waals surface area contributed by atoms with Crippen LogP contribution in [-0.2, 0) is 9.59 Å². The fraction of sp³-hybridized carbons (Fsp3) is 0.300. The molecule has 0 bridgehead atoms. The van der Waals surface area contributed by atoms with Crippen molar-refractivity contribution < 1.29 is 14.7 Å². The number of pyridine rings is 1. The molecule has 1 N–H and O–H groups in total. The minimum Gasteiger partial charge on any atom is -0.480 e. The summed E-state index contributed by atoms with van der Waals surface area (Å²) in [7, 11) is 0. The predicted molar refractivity (Wildman–Crippen MR) is 50.9 cm³/mol. The number of carbonyl (C=O) groups excluding carboxylic acids is 1. The number of carboxylic acid groups (broad SMARTS) is 1. The second-order valence-electron chi connectivity index (χ2n) is 3.42. The lowest BCUT2D eigenvalue weighted by atomic mass is 9.95. The fourth-order valence-corrected chi connectivity index (χ4v) is 1.67. The molecular weight excluding hydrogens is 196 g/mol. The zero-order chi connectivity index (χ0) is 10.8. The van der Waals surface area contributed by atoms with Gasteiger partial charge < -0.3 is 10.0 Å². The first-order valence-corrected chi connectivity index (χ1v) is 4.59. The number of amides is 1. The number of carbonyl (C=O) groups is 2. The summed E-state index contributed by atoms with van der Waals surface area (Å²) < 4.78 is 0. The molecule has 1 aromatic heterocycles. The zero-order valence-corrected chi connectivity index (χ0v) is 7.96. The Morgan fingerprint density at radius 2 is 2.47 bits per heavy atom. The highest BCUT2D eigenvalue weighted by Crippen LogP contribution is 2.33. The Morgan fingerprint density at radius 3 is 3.00 bits per heavy atom. The first-order chi connectivity index (χ1) is 7.18. The molecule has 15 heavy (non-hydrogen) atoms. The third-order valence-electron chi connectivity index (χ3n) is 2.44. The van der Waals surface area contributed by atoms with Gasteiger partial charge in [0.05, 0.1) is 12.5 Å². The van der Waals surface area contributed by atoms with E-state index in [1.165, 1.54) is 4.90 Å². The van der Waals surface area contributed by atoms with Crippen molar-refractivity contribution in [3.05, 3.63) is 30.1 Å². The molecule has 0 saturated carbocycles. The van der Waals surface area contributed by atoms with Gasteiger partial charge in [-0.2, -0.15) is 0 Å². The summed E-state index contributed by atoms with van der Waals surface area (Å²) in [6, 6.07) is 3.50. The first kappa shape index (κ1) is 9.64. The van der Waals surface area contributed by atoms with Crippen molar-refractivity contribution in [3.63, 3.8) is 0 Å². The van der Waals surface area contributed by atoms with Crippen LogP contribution in [0.5, 0.6) is 0 Å². The Morgan fingerprint density at radius 1 is 1.67 bits per heavy atom. The third kappa shape index (κ3) is 1.81. The van der Waals surface area contributed by atoms with Gasteiger partial charge in [0.15, 0.2) is 0 Å². The largest absolute Gasteiger partial charge is 0.480 e. The number of hydrogen-bond donors (Lipinski definition) is 1. The molecule has 2 rings (SSSR count). The van der Waals surface area contributed by atoms with Crippen molar-refractivity contribution >= 4 is 11.9 Å². The van der Waals surface area contributed by atoms with Crippen molar-refractivity contribution in [2.24, 2.45) is 0 Å². The molecule has 0 radical (unpaired) electrons. The SMILES string of the molecule is O=C(O)CN1C(=O)CC1c1cccnc1. The molecule has 1 aliphatic rings. The van der Waals surface area contributed by atoms with Crippen LogP contribution < -0.4 is 0 Å². The number of carboxylic acids is 1. The third-order valence-corrected chi connectivity index (χ3v) is 2.44. The van der Waals surface area contributed by atoms with Crippen molar-refractivity contribution in [1.29, 1.82) is 0 Å². The second-order valence-corrected chi connectivity index (χ2v) is 3.42. The van der Waals surface area contributed by atoms with Crippen molar-refractivity contribution in [2.45, 2.75) is 12.5 Å². The lowest BCUT2D eigenvalue weighted by Crippen LogP contribution is -2.48. The van der Waals surface area contributed by atoms with Gasteiger partial charge in [-0.15, -0.1) is 0 Å². The number of hydrogen-bond acceptors (Lipinski definition) is 3. The van der Waals surface area contributed by atoms with E-state index in [9.17, 15) is 9.59 Å². The van der Waals surface area contributed by atoms with Crippen LogP contribution in [-0.4, -0.2) is 33.4 Å². The van der Waals surface area contributed by atoms with E-state index >= 15 is 0 Å². The molecular formula is C10H10N2O3. The molecule has 0 spiro atoms. The van der Waals surface area contributed by atoms with Crippen LogP contribution in [0.25, 0.3) is 0 Å². The minimum atomic E-state index is -0.989. The molecule has 5 nitrogen and oxygen atoms in total. The molecule has 1 fully saturated rings. The number of aliphatic carboxylic acids is 1. The van der Waals surface area contributed by atoms with E-state index in [0.717, 1.165) is 5.56 Å². The Hall–Kier alpha value is -1.91. The van der Waals surface area contributed by atoms with Crippen molar-refractivity contribution in [3.8, 4) is 0 Å². The van der Waals surface area contributed by atoms with Crippen molar-refractivity contribution in [1.82, 2.24) is 9.88 Å². The van der Waals surface area contributed by atoms with E-state index in [1.807, 2.05) is 6.07 Å². The van der Waals surface area contributed by atoms with Gasteiger partial charge in [0, 0.05) is 12.4 Å². The molecule has 1 aromatic rings. The van der Waals surface area contributed by atoms with Gasteiger partial charge in [-0.3, -0.25) is 14.6 Å². The average Bonchev–Trinajstić information content (AvgIpc) is 2.24. The summed E-state index contributed by atoms with van der Waals surface area (Å²) in [5, 5.41) is 8.62. The van der Waals surface area contributed by atoms with Gasteiger partial charge in [0.1, 0.15) is 6.54 Å². The highest BCUT2D eigenvalue weighted by Gasteiger charge is 2.38. The Balaban J connectivity index is 2.12. The highest BCUT2D eigenvalue weighted by molar-refractivity contribution is 5.87. The summed E-state index contributed by atoms with van der Waals surface area (Å²) >= 11 is 0. The van der Waals surface area contributed by atoms with E-state index in [0.29, 0.717) is 6.42 Å². The summed E-state index contributed by atoms with van der Waals surface area (Å²) in [5.41, 5.74) is 0.887. The molecule has 1 saturated heterocycles. The summed E-state index contributed by atoms with van der Waals surface area (Å²) in [4.78, 5) is 27.0. The second kappa shape index (κ2) is 3.68. The average molecular weight is 206 g/mol. The highest BCUT2D eigenvalue weighted by atomic mass is 16.4. The molecule has 1 aliphatic heterocycles. The first-order valence-electron chi connectivity index (χ1n) is 4.59. The topological polar surface area (TPSA) is 70.5 Å². The normalized spacial score (nSPS) is 19.9. The van der Waals surface area contributed by atoms with Crippen LogP contribution in [0, 0.1) is 0 Å². The lowest BCUT2D eigenvalue weighted by Gasteiger charge is -2.39. The minimum absolute atomic E-state index is 0.119. The summed E-state index contributed by atoms with van der Waals surface area (Å²) in [6.45, 7) is -0.238. The smallest absolute Gasteiger partial charge is 0.323 e. The van der Waals surface area contributed by atoms with Crippen LogP contribution in [0.4, 0.5) is 0 Å². The molecule has 1 amide bonds. The molecule has 1 atom stereocenters. The summed E-state index contributed by atoms with van der Waals surface area (Å²) in [5.74, 6) is -1.11. The lowest BCUT2D eigenvalue weighted by molar-refractivity contribution is -0.155. The Kier molecular flexibility index (Phi) is 2.37. The number of rotatable bonds is 3. The van der Waals surface area contributed by atoms with Gasteiger partial charge in [-0.05, 0) is 11.6 Å². The van der Waals surface area contributed by atoms with E-state index in [4.69, 9.17) is 5.11 Å². The fourth-order valence-electron chi connectivity index (χ4n) is 1.67. The van der Waals surface area contributed by atoms with E-state index in [1.54, 1.807) is 18.5 Å². The molecule has 1 unspecified atom stereocenters. The van der Waals surface area contributed by atoms with Gasteiger partial charge in [-0.25, -0.2) is 0 Å². The monoisotopic (exact) mass is 206 g/mol. The Labute approximate surface area is 86.3 Å². The standard InChI is InChI=1S/C10H10N2O3/c13-9-4-8(12(9)6-10(14)15)7-2-1-3-11-5-7/h1-3,5,8H,4,6H2,(H,14,15). The Bertz CT molecular complexity index is 391. The van der Waals surface area contributed by atoms with Crippen LogP contribution in [0.15, 0.2) is 24.5 Å². The van der Waals surface area contributed by atoms with Gasteiger partial charge >= 0.3 is 5.97 Å². The van der Waals surface area contributed by atoms with Crippen molar-refractivity contribution in [2.75, 3.05) is 6.54 Å². The molecule has 78 valence electrons. The number of aromatic nitrogens is 1. The number of β-lactam (4-membered cyclic amide) rings is 1. The van der Waals surface area contributed by atoms with Crippen LogP contribution in [0.1, 0.15) is 18.0 Å². The molecule has 5 heteroatoms. The zero-order valence-electron chi connectivity index (χ0n) is 7.96. The predicted octanol–water partition coefficient (Wildman–Crippen LogP) is 0.440. The molecule has 2 heterocycles. The van der Waals surface area contributed by atoms with E-state index in [-0.39, 0.29) is 18.5 Å². The van der Waals surface area contributed by atoms with Crippen LogP contribution in [0.2, 0.25) is 0 Å². The van der Waals surface area contributed by atoms with E-state index < -0.39 is 5.97 Å². The summed E-state index contributed by atoms with van der Waals surface area (Å²) in [6.07, 6.45) is 3.68. The molecule has 0 aliphatic carbocycles. The van der Waals surface area contributed by atoms with Crippen LogP contribution >= 0.6 is 0 Å². The maximum Gasteiger partial charge on any atom is 0.323 e. The van der Waals surface area contributed by atoms with Crippen LogP contribution in [0.3, 0.4) is 0 Å². The maximum atomic E-state index is 11.2. The quantitative estimate of drug-likeness (QED) is 0.728. The van der Waals surface area contributed by atoms with Gasteiger partial charge in [0.25, 0.3) is 0 Å². The van der Waals surface area contributed by atoms with E-state index in [2.05, 4.69) is 4.98 Å². The molecule has 0 aromatic carbocycles. The van der Waals surface area contributed by atoms with Gasteiger partial charge in [-0.1, -0.05) is 6.07 Å². The maximum absolute atomic E-state index is 11.2.